The summed E-state index contributed by atoms with van der Waals surface area (Å²) in [5, 5.41) is 11.3. The van der Waals surface area contributed by atoms with E-state index in [4.69, 9.17) is 0 Å². The van der Waals surface area contributed by atoms with Crippen molar-refractivity contribution in [3.63, 3.8) is 0 Å². The number of hydrogen-bond donors (Lipinski definition) is 1. The average Bonchev–Trinajstić information content (AvgIpc) is 2.59. The van der Waals surface area contributed by atoms with E-state index in [0.717, 1.165) is 17.8 Å². The number of nitrogens with one attached hydrogen (secondary N) is 1. The van der Waals surface area contributed by atoms with Gasteiger partial charge in [-0.05, 0) is 24.3 Å². The van der Waals surface area contributed by atoms with Gasteiger partial charge in [-0.25, -0.2) is 0 Å². The van der Waals surface area contributed by atoms with E-state index in [0.29, 0.717) is 0 Å². The first kappa shape index (κ1) is 18.1. The molecule has 2 rings (SSSR count). The molecule has 7 heteroatoms. The summed E-state index contributed by atoms with van der Waals surface area (Å²) in [4.78, 5) is 13.7. The summed E-state index contributed by atoms with van der Waals surface area (Å²) < 4.78 is 38.9. The summed E-state index contributed by atoms with van der Waals surface area (Å²) in [5.74, 6) is -0.915. The van der Waals surface area contributed by atoms with Gasteiger partial charge in [0, 0.05) is 18.9 Å². The van der Waals surface area contributed by atoms with Crippen molar-refractivity contribution in [3.05, 3.63) is 71.9 Å². The molecule has 0 spiro atoms. The van der Waals surface area contributed by atoms with Gasteiger partial charge in [-0.15, -0.1) is 0 Å². The van der Waals surface area contributed by atoms with E-state index in [2.05, 4.69) is 5.32 Å². The average molecular weight is 345 g/mol. The molecule has 0 fully saturated rings. The van der Waals surface area contributed by atoms with Crippen molar-refractivity contribution in [1.29, 1.82) is 5.26 Å². The second-order valence-electron chi connectivity index (χ2n) is 5.10. The summed E-state index contributed by atoms with van der Waals surface area (Å²) in [5.41, 5.74) is -0.970. The van der Waals surface area contributed by atoms with Crippen molar-refractivity contribution in [2.75, 3.05) is 17.3 Å². The third-order valence-corrected chi connectivity index (χ3v) is 3.33. The number of hydrogen-bond acceptors (Lipinski definition) is 3. The summed E-state index contributed by atoms with van der Waals surface area (Å²) in [6, 6.07) is 15.2. The molecule has 2 aromatic carbocycles. The second-order valence-corrected chi connectivity index (χ2v) is 5.10. The van der Waals surface area contributed by atoms with Crippen molar-refractivity contribution >= 4 is 17.3 Å². The number of carbonyl (C=O) groups is 1. The zero-order chi connectivity index (χ0) is 18.4. The van der Waals surface area contributed by atoms with Crippen molar-refractivity contribution in [1.82, 2.24) is 0 Å². The molecule has 1 N–H and O–H groups in total. The van der Waals surface area contributed by atoms with E-state index in [9.17, 15) is 23.2 Å². The SMILES string of the molecule is CN(/C=C(/C#N)C(=O)Nc1ccccc1C(F)(F)F)c1ccccc1. The van der Waals surface area contributed by atoms with Gasteiger partial charge in [-0.1, -0.05) is 30.3 Å². The molecule has 0 aliphatic rings. The number of anilines is 2. The zero-order valence-corrected chi connectivity index (χ0v) is 13.2. The smallest absolute Gasteiger partial charge is 0.350 e. The Morgan fingerprint density at radius 2 is 1.72 bits per heavy atom. The molecule has 0 aliphatic carbocycles. The highest BCUT2D eigenvalue weighted by Crippen LogP contribution is 2.34. The molecule has 0 saturated heterocycles. The lowest BCUT2D eigenvalue weighted by atomic mass is 10.1. The molecule has 25 heavy (non-hydrogen) atoms. The zero-order valence-electron chi connectivity index (χ0n) is 13.2. The number of nitrogens with zero attached hydrogens (tertiary/aromatic N) is 2. The van der Waals surface area contributed by atoms with Gasteiger partial charge < -0.3 is 10.2 Å². The molecular weight excluding hydrogens is 331 g/mol. The topological polar surface area (TPSA) is 56.1 Å². The minimum Gasteiger partial charge on any atom is -0.350 e. The summed E-state index contributed by atoms with van der Waals surface area (Å²) in [6.45, 7) is 0. The van der Waals surface area contributed by atoms with Crippen molar-refractivity contribution < 1.29 is 18.0 Å². The van der Waals surface area contributed by atoms with Gasteiger partial charge in [0.05, 0.1) is 11.3 Å². The molecule has 0 bridgehead atoms. The number of carbonyl (C=O) groups excluding carboxylic acids is 1. The highest BCUT2D eigenvalue weighted by molar-refractivity contribution is 6.07. The molecule has 0 unspecified atom stereocenters. The van der Waals surface area contributed by atoms with E-state index < -0.39 is 23.3 Å². The van der Waals surface area contributed by atoms with Gasteiger partial charge in [0.2, 0.25) is 0 Å². The lowest BCUT2D eigenvalue weighted by Crippen LogP contribution is -2.20. The summed E-state index contributed by atoms with van der Waals surface area (Å²) in [6.07, 6.45) is -3.35. The number of rotatable bonds is 4. The van der Waals surface area contributed by atoms with E-state index in [1.807, 2.05) is 6.07 Å². The van der Waals surface area contributed by atoms with Crippen LogP contribution < -0.4 is 10.2 Å². The van der Waals surface area contributed by atoms with E-state index in [-0.39, 0.29) is 5.57 Å². The molecule has 0 atom stereocenters. The van der Waals surface area contributed by atoms with Crippen LogP contribution in [-0.2, 0) is 11.0 Å². The Labute approximate surface area is 142 Å². The van der Waals surface area contributed by atoms with Gasteiger partial charge in [-0.3, -0.25) is 4.79 Å². The summed E-state index contributed by atoms with van der Waals surface area (Å²) in [7, 11) is 1.63. The molecule has 0 aliphatic heterocycles. The van der Waals surface area contributed by atoms with Crippen LogP contribution in [0, 0.1) is 11.3 Å². The third kappa shape index (κ3) is 4.61. The Bertz CT molecular complexity index is 823. The quantitative estimate of drug-likeness (QED) is 0.668. The number of halogens is 3. The van der Waals surface area contributed by atoms with Gasteiger partial charge >= 0.3 is 6.18 Å². The fraction of sp³-hybridized carbons (Fsp3) is 0.111. The van der Waals surface area contributed by atoms with Crippen LogP contribution in [0.1, 0.15) is 5.56 Å². The van der Waals surface area contributed by atoms with Crippen LogP contribution in [0.4, 0.5) is 24.5 Å². The lowest BCUT2D eigenvalue weighted by molar-refractivity contribution is -0.137. The Hall–Kier alpha value is -3.27. The largest absolute Gasteiger partial charge is 0.418 e. The first-order valence-corrected chi connectivity index (χ1v) is 7.20. The first-order chi connectivity index (χ1) is 11.8. The Balaban J connectivity index is 2.25. The first-order valence-electron chi connectivity index (χ1n) is 7.20. The number of para-hydroxylation sites is 2. The number of benzene rings is 2. The highest BCUT2D eigenvalue weighted by atomic mass is 19.4. The van der Waals surface area contributed by atoms with Crippen molar-refractivity contribution in [3.8, 4) is 6.07 Å². The standard InChI is InChI=1S/C18H14F3N3O/c1-24(14-7-3-2-4-8-14)12-13(11-22)17(25)23-16-10-6-5-9-15(16)18(19,20)21/h2-10,12H,1H3,(H,23,25)/b13-12-. The maximum absolute atomic E-state index is 13.0. The van der Waals surface area contributed by atoms with Crippen LogP contribution in [0.5, 0.6) is 0 Å². The van der Waals surface area contributed by atoms with Crippen LogP contribution in [0.3, 0.4) is 0 Å². The van der Waals surface area contributed by atoms with Gasteiger partial charge in [-0.2, -0.15) is 18.4 Å². The molecule has 4 nitrogen and oxygen atoms in total. The Morgan fingerprint density at radius 3 is 2.32 bits per heavy atom. The minimum atomic E-state index is -4.61. The third-order valence-electron chi connectivity index (χ3n) is 3.33. The van der Waals surface area contributed by atoms with Crippen LogP contribution in [0.15, 0.2) is 66.4 Å². The molecule has 0 aromatic heterocycles. The van der Waals surface area contributed by atoms with Crippen LogP contribution in [-0.4, -0.2) is 13.0 Å². The van der Waals surface area contributed by atoms with Crippen LogP contribution in [0.25, 0.3) is 0 Å². The van der Waals surface area contributed by atoms with Crippen LogP contribution >= 0.6 is 0 Å². The number of alkyl halides is 3. The highest BCUT2D eigenvalue weighted by Gasteiger charge is 2.33. The van der Waals surface area contributed by atoms with Gasteiger partial charge in [0.1, 0.15) is 11.6 Å². The van der Waals surface area contributed by atoms with E-state index >= 15 is 0 Å². The van der Waals surface area contributed by atoms with E-state index in [1.165, 1.54) is 23.2 Å². The predicted octanol–water partition coefficient (Wildman–Crippen LogP) is 4.19. The molecular formula is C18H14F3N3O. The summed E-state index contributed by atoms with van der Waals surface area (Å²) >= 11 is 0. The maximum Gasteiger partial charge on any atom is 0.418 e. The molecule has 0 heterocycles. The van der Waals surface area contributed by atoms with Crippen LogP contribution in [0.2, 0.25) is 0 Å². The molecule has 0 saturated carbocycles. The normalized spacial score (nSPS) is 11.6. The number of amides is 1. The van der Waals surface area contributed by atoms with Gasteiger partial charge in [0.25, 0.3) is 5.91 Å². The fourth-order valence-electron chi connectivity index (χ4n) is 2.10. The Morgan fingerprint density at radius 1 is 1.12 bits per heavy atom. The molecule has 128 valence electrons. The fourth-order valence-corrected chi connectivity index (χ4v) is 2.10. The minimum absolute atomic E-state index is 0.316. The molecule has 2 aromatic rings. The van der Waals surface area contributed by atoms with E-state index in [1.54, 1.807) is 37.4 Å². The van der Waals surface area contributed by atoms with Crippen molar-refractivity contribution in [2.24, 2.45) is 0 Å². The molecule has 0 radical (unpaired) electrons. The Kier molecular flexibility index (Phi) is 5.45. The monoisotopic (exact) mass is 345 g/mol. The predicted molar refractivity (Wildman–Crippen MR) is 88.6 cm³/mol. The van der Waals surface area contributed by atoms with Gasteiger partial charge in [0.15, 0.2) is 0 Å². The molecule has 1 amide bonds. The number of nitriles is 1. The lowest BCUT2D eigenvalue weighted by Gasteiger charge is -2.16. The maximum atomic E-state index is 13.0. The second kappa shape index (κ2) is 7.53. The van der Waals surface area contributed by atoms with Crippen molar-refractivity contribution in [2.45, 2.75) is 6.18 Å².